The molecule has 0 unspecified atom stereocenters. The number of benzene rings is 9. The number of aromatic nitrogens is 4. The largest absolute Gasteiger partial charge is 0.247 e. The maximum Gasteiger partial charge on any atom is 0.164 e. The van der Waals surface area contributed by atoms with E-state index < -0.39 is 0 Å². The smallest absolute Gasteiger partial charge is 0.164 e. The van der Waals surface area contributed by atoms with Crippen LogP contribution in [0.2, 0.25) is 0 Å². The lowest BCUT2D eigenvalue weighted by Gasteiger charge is -2.12. The summed E-state index contributed by atoms with van der Waals surface area (Å²) in [6, 6.07) is 72.7. The molecule has 0 fully saturated rings. The summed E-state index contributed by atoms with van der Waals surface area (Å²) in [6.45, 7) is 0. The van der Waals surface area contributed by atoms with E-state index in [2.05, 4.69) is 200 Å². The molecule has 0 amide bonds. The third kappa shape index (κ3) is 6.22. The van der Waals surface area contributed by atoms with Crippen LogP contribution in [0.5, 0.6) is 0 Å². The summed E-state index contributed by atoms with van der Waals surface area (Å²) in [5, 5.41) is 8.56. The number of thiophene rings is 1. The highest BCUT2D eigenvalue weighted by atomic mass is 32.1. The average Bonchev–Trinajstić information content (AvgIpc) is 3.74. The first kappa shape index (κ1) is 35.1. The molecule has 12 aromatic rings. The van der Waals surface area contributed by atoms with Gasteiger partial charge in [0.1, 0.15) is 0 Å². The van der Waals surface area contributed by atoms with Gasteiger partial charge in [0.05, 0.1) is 11.2 Å². The Morgan fingerprint density at radius 2 is 0.820 bits per heavy atom. The van der Waals surface area contributed by atoms with Gasteiger partial charge in [-0.2, -0.15) is 0 Å². The van der Waals surface area contributed by atoms with Gasteiger partial charge in [-0.05, 0) is 68.1 Å². The van der Waals surface area contributed by atoms with Crippen molar-refractivity contribution in [3.05, 3.63) is 206 Å². The van der Waals surface area contributed by atoms with Gasteiger partial charge < -0.3 is 0 Å². The lowest BCUT2D eigenvalue weighted by Crippen LogP contribution is -2.00. The van der Waals surface area contributed by atoms with Gasteiger partial charge in [-0.25, -0.2) is 19.9 Å². The van der Waals surface area contributed by atoms with Crippen LogP contribution in [0.4, 0.5) is 0 Å². The van der Waals surface area contributed by atoms with Crippen molar-refractivity contribution in [2.45, 2.75) is 0 Å². The summed E-state index contributed by atoms with van der Waals surface area (Å²) in [5.41, 5.74) is 10.3. The highest BCUT2D eigenvalue weighted by Crippen LogP contribution is 2.43. The SMILES string of the molecule is c1ccc(-c2ccc(-c3nc(-c4ccc(-c5ccc6c(ccc7ccccc76)c5)cc4)nc(-c4cccc(-c5nc6ccccc6c6sc7ccccc7c56)c4)n3)cc2)cc1. The number of hydrogen-bond acceptors (Lipinski definition) is 5. The van der Waals surface area contributed by atoms with Gasteiger partial charge in [-0.1, -0.05) is 182 Å². The molecule has 5 heteroatoms. The topological polar surface area (TPSA) is 51.6 Å². The van der Waals surface area contributed by atoms with Crippen LogP contribution in [0.3, 0.4) is 0 Å². The van der Waals surface area contributed by atoms with Crippen molar-refractivity contribution >= 4 is 64.0 Å². The molecule has 0 N–H and O–H groups in total. The monoisotopic (exact) mass is 794 g/mol. The molecule has 0 radical (unpaired) electrons. The molecule has 0 atom stereocenters. The Balaban J connectivity index is 0.976. The normalized spacial score (nSPS) is 11.6. The minimum Gasteiger partial charge on any atom is -0.247 e. The zero-order valence-corrected chi connectivity index (χ0v) is 33.6. The number of rotatable bonds is 6. The molecular formula is C56H34N4S. The van der Waals surface area contributed by atoms with E-state index in [1.165, 1.54) is 47.1 Å². The van der Waals surface area contributed by atoms with Crippen LogP contribution in [-0.2, 0) is 0 Å². The molecule has 4 nitrogen and oxygen atoms in total. The molecule has 0 saturated carbocycles. The van der Waals surface area contributed by atoms with Gasteiger partial charge in [-0.15, -0.1) is 11.3 Å². The van der Waals surface area contributed by atoms with Crippen molar-refractivity contribution in [1.29, 1.82) is 0 Å². The molecule has 3 aromatic heterocycles. The molecule has 3 heterocycles. The third-order valence-electron chi connectivity index (χ3n) is 11.7. The van der Waals surface area contributed by atoms with E-state index >= 15 is 0 Å². The minimum absolute atomic E-state index is 0.604. The van der Waals surface area contributed by atoms with Crippen molar-refractivity contribution < 1.29 is 0 Å². The fourth-order valence-corrected chi connectivity index (χ4v) is 9.87. The number of para-hydroxylation sites is 1. The van der Waals surface area contributed by atoms with Crippen LogP contribution in [-0.4, -0.2) is 19.9 Å². The molecule has 12 rings (SSSR count). The van der Waals surface area contributed by atoms with Crippen molar-refractivity contribution in [2.75, 3.05) is 0 Å². The van der Waals surface area contributed by atoms with Crippen molar-refractivity contribution in [1.82, 2.24) is 19.9 Å². The standard InChI is InChI=1S/C56H34N4S/c1-2-11-35(12-3-1)36-21-26-39(27-22-36)54-58-55(40-28-23-37(24-29-40)41-31-32-46-42(33-41)30-25-38-13-4-5-16-45(38)46)60-56(59-54)44-15-10-14-43(34-44)52-51-48-18-7-9-20-50(48)61-53(51)47-17-6-8-19-49(47)57-52/h1-34H. The van der Waals surface area contributed by atoms with Crippen LogP contribution in [0, 0.1) is 0 Å². The van der Waals surface area contributed by atoms with Gasteiger partial charge in [0.15, 0.2) is 17.5 Å². The highest BCUT2D eigenvalue weighted by Gasteiger charge is 2.18. The summed E-state index contributed by atoms with van der Waals surface area (Å²) in [4.78, 5) is 20.8. The summed E-state index contributed by atoms with van der Waals surface area (Å²) < 4.78 is 2.50. The number of pyridine rings is 1. The van der Waals surface area contributed by atoms with E-state index in [0.717, 1.165) is 55.7 Å². The second-order valence-electron chi connectivity index (χ2n) is 15.4. The number of nitrogens with zero attached hydrogens (tertiary/aromatic N) is 4. The summed E-state index contributed by atoms with van der Waals surface area (Å²) in [5.74, 6) is 1.84. The molecule has 0 aliphatic carbocycles. The Hall–Kier alpha value is -7.86. The fourth-order valence-electron chi connectivity index (χ4n) is 8.63. The predicted molar refractivity (Wildman–Crippen MR) is 256 cm³/mol. The van der Waals surface area contributed by atoms with Gasteiger partial charge >= 0.3 is 0 Å². The number of fused-ring (bicyclic) bond motifs is 8. The zero-order valence-electron chi connectivity index (χ0n) is 32.8. The second kappa shape index (κ2) is 14.5. The molecule has 0 bridgehead atoms. The van der Waals surface area contributed by atoms with E-state index in [0.29, 0.717) is 17.5 Å². The summed E-state index contributed by atoms with van der Waals surface area (Å²) >= 11 is 1.83. The Labute approximate surface area is 356 Å². The Morgan fingerprint density at radius 1 is 0.295 bits per heavy atom. The van der Waals surface area contributed by atoms with Crippen molar-refractivity contribution in [3.63, 3.8) is 0 Å². The molecule has 0 saturated heterocycles. The van der Waals surface area contributed by atoms with Crippen LogP contribution in [0.1, 0.15) is 0 Å². The van der Waals surface area contributed by atoms with E-state index in [9.17, 15) is 0 Å². The maximum absolute atomic E-state index is 5.31. The maximum atomic E-state index is 5.31. The van der Waals surface area contributed by atoms with Gasteiger partial charge in [0.25, 0.3) is 0 Å². The van der Waals surface area contributed by atoms with Gasteiger partial charge in [0.2, 0.25) is 0 Å². The first-order valence-electron chi connectivity index (χ1n) is 20.5. The molecule has 0 aliphatic heterocycles. The summed E-state index contributed by atoms with van der Waals surface area (Å²) in [7, 11) is 0. The van der Waals surface area contributed by atoms with Gasteiger partial charge in [-0.3, -0.25) is 0 Å². The number of hydrogen-bond donors (Lipinski definition) is 0. The molecule has 9 aromatic carbocycles. The van der Waals surface area contributed by atoms with Crippen molar-refractivity contribution in [2.24, 2.45) is 0 Å². The molecule has 61 heavy (non-hydrogen) atoms. The molecule has 0 aliphatic rings. The summed E-state index contributed by atoms with van der Waals surface area (Å²) in [6.07, 6.45) is 0. The highest BCUT2D eigenvalue weighted by molar-refractivity contribution is 7.26. The van der Waals surface area contributed by atoms with E-state index in [1.807, 2.05) is 17.4 Å². The third-order valence-corrected chi connectivity index (χ3v) is 12.9. The second-order valence-corrected chi connectivity index (χ2v) is 16.5. The van der Waals surface area contributed by atoms with Crippen molar-refractivity contribution in [3.8, 4) is 67.7 Å². The zero-order chi connectivity index (χ0) is 40.3. The Kier molecular flexibility index (Phi) is 8.32. The van der Waals surface area contributed by atoms with Crippen LogP contribution < -0.4 is 0 Å². The van der Waals surface area contributed by atoms with Crippen LogP contribution in [0.15, 0.2) is 206 Å². The van der Waals surface area contributed by atoms with Crippen LogP contribution in [0.25, 0.3) is 120 Å². The van der Waals surface area contributed by atoms with Crippen LogP contribution >= 0.6 is 11.3 Å². The fraction of sp³-hybridized carbons (Fsp3) is 0. The predicted octanol–water partition coefficient (Wildman–Crippen LogP) is 15.1. The van der Waals surface area contributed by atoms with E-state index in [1.54, 1.807) is 0 Å². The Bertz CT molecular complexity index is 3630. The van der Waals surface area contributed by atoms with E-state index in [4.69, 9.17) is 19.9 Å². The minimum atomic E-state index is 0.604. The average molecular weight is 795 g/mol. The molecule has 0 spiro atoms. The lowest BCUT2D eigenvalue weighted by molar-refractivity contribution is 1.07. The van der Waals surface area contributed by atoms with Gasteiger partial charge in [0, 0.05) is 47.8 Å². The molecule has 284 valence electrons. The van der Waals surface area contributed by atoms with E-state index in [-0.39, 0.29) is 0 Å². The lowest BCUT2D eigenvalue weighted by atomic mass is 9.97. The first-order valence-corrected chi connectivity index (χ1v) is 21.3. The first-order chi connectivity index (χ1) is 30.2. The Morgan fingerprint density at radius 3 is 1.59 bits per heavy atom. The quantitative estimate of drug-likeness (QED) is 0.157. The molecular weight excluding hydrogens is 761 g/mol.